The lowest BCUT2D eigenvalue weighted by molar-refractivity contribution is 0.293. The van der Waals surface area contributed by atoms with Gasteiger partial charge in [-0.15, -0.1) is 0 Å². The fraction of sp³-hybridized carbons (Fsp3) is 1.00. The van der Waals surface area contributed by atoms with E-state index >= 15 is 0 Å². The van der Waals surface area contributed by atoms with Crippen LogP contribution in [0.2, 0.25) is 0 Å². The van der Waals surface area contributed by atoms with Gasteiger partial charge in [0.2, 0.25) is 10.0 Å². The fourth-order valence-electron chi connectivity index (χ4n) is 1.33. The molecule has 0 atom stereocenters. The highest BCUT2D eigenvalue weighted by molar-refractivity contribution is 7.89. The van der Waals surface area contributed by atoms with Gasteiger partial charge in [0.15, 0.2) is 0 Å². The molecule has 0 radical (unpaired) electrons. The van der Waals surface area contributed by atoms with Crippen LogP contribution < -0.4 is 10.5 Å². The summed E-state index contributed by atoms with van der Waals surface area (Å²) < 4.78 is 25.0. The summed E-state index contributed by atoms with van der Waals surface area (Å²) in [7, 11) is -3.15. The number of likely N-dealkylation sites (N-methyl/N-ethyl adjacent to an activating group) is 1. The van der Waals surface area contributed by atoms with Crippen molar-refractivity contribution in [3.8, 4) is 0 Å². The van der Waals surface area contributed by atoms with Crippen molar-refractivity contribution in [3.63, 3.8) is 0 Å². The molecule has 0 unspecified atom stereocenters. The standard InChI is InChI=1S/C9H23N3O2S/c1-3-7-12(4-2)8-6-11-15(13,14)9-5-10/h11H,3-10H2,1-2H3. The summed E-state index contributed by atoms with van der Waals surface area (Å²) in [4.78, 5) is 2.21. The van der Waals surface area contributed by atoms with E-state index in [0.717, 1.165) is 26.1 Å². The summed E-state index contributed by atoms with van der Waals surface area (Å²) in [5.41, 5.74) is 5.19. The molecular weight excluding hydrogens is 214 g/mol. The smallest absolute Gasteiger partial charge is 0.212 e. The minimum Gasteiger partial charge on any atom is -0.329 e. The summed E-state index contributed by atoms with van der Waals surface area (Å²) >= 11 is 0. The van der Waals surface area contributed by atoms with E-state index in [-0.39, 0.29) is 12.3 Å². The number of nitrogens with zero attached hydrogens (tertiary/aromatic N) is 1. The molecule has 0 aliphatic rings. The van der Waals surface area contributed by atoms with E-state index in [1.54, 1.807) is 0 Å². The van der Waals surface area contributed by atoms with Crippen molar-refractivity contribution in [2.45, 2.75) is 20.3 Å². The zero-order chi connectivity index (χ0) is 11.7. The van der Waals surface area contributed by atoms with Gasteiger partial charge in [-0.25, -0.2) is 13.1 Å². The zero-order valence-corrected chi connectivity index (χ0v) is 10.5. The van der Waals surface area contributed by atoms with Gasteiger partial charge >= 0.3 is 0 Å². The Morgan fingerprint density at radius 2 is 1.93 bits per heavy atom. The number of nitrogens with one attached hydrogen (secondary N) is 1. The second-order valence-corrected chi connectivity index (χ2v) is 5.36. The second kappa shape index (κ2) is 8.04. The SMILES string of the molecule is CCCN(CC)CCNS(=O)(=O)CCN. The van der Waals surface area contributed by atoms with Crippen molar-refractivity contribution in [3.05, 3.63) is 0 Å². The van der Waals surface area contributed by atoms with Crippen LogP contribution >= 0.6 is 0 Å². The van der Waals surface area contributed by atoms with E-state index in [0.29, 0.717) is 6.54 Å². The van der Waals surface area contributed by atoms with Crippen molar-refractivity contribution in [2.75, 3.05) is 38.5 Å². The molecule has 6 heteroatoms. The summed E-state index contributed by atoms with van der Waals surface area (Å²) in [6.45, 7) is 7.54. The monoisotopic (exact) mass is 237 g/mol. The largest absolute Gasteiger partial charge is 0.329 e. The van der Waals surface area contributed by atoms with Crippen LogP contribution in [0.1, 0.15) is 20.3 Å². The molecule has 0 bridgehead atoms. The van der Waals surface area contributed by atoms with Gasteiger partial charge in [-0.3, -0.25) is 0 Å². The molecule has 5 nitrogen and oxygen atoms in total. The molecule has 0 aromatic rings. The highest BCUT2D eigenvalue weighted by Crippen LogP contribution is 1.90. The van der Waals surface area contributed by atoms with Crippen molar-refractivity contribution < 1.29 is 8.42 Å². The van der Waals surface area contributed by atoms with Crippen molar-refractivity contribution in [1.29, 1.82) is 0 Å². The third-order valence-corrected chi connectivity index (χ3v) is 3.54. The van der Waals surface area contributed by atoms with Crippen LogP contribution in [0, 0.1) is 0 Å². The predicted octanol–water partition coefficient (Wildman–Crippen LogP) is -0.404. The van der Waals surface area contributed by atoms with Gasteiger partial charge in [-0.05, 0) is 19.5 Å². The molecule has 0 spiro atoms. The van der Waals surface area contributed by atoms with Crippen LogP contribution in [0.4, 0.5) is 0 Å². The van der Waals surface area contributed by atoms with Crippen molar-refractivity contribution >= 4 is 10.0 Å². The lowest BCUT2D eigenvalue weighted by atomic mass is 10.4. The van der Waals surface area contributed by atoms with Crippen LogP contribution in [0.25, 0.3) is 0 Å². The molecule has 0 heterocycles. The van der Waals surface area contributed by atoms with Crippen molar-refractivity contribution in [2.24, 2.45) is 5.73 Å². The van der Waals surface area contributed by atoms with Gasteiger partial charge < -0.3 is 10.6 Å². The van der Waals surface area contributed by atoms with E-state index in [2.05, 4.69) is 23.5 Å². The highest BCUT2D eigenvalue weighted by atomic mass is 32.2. The highest BCUT2D eigenvalue weighted by Gasteiger charge is 2.08. The van der Waals surface area contributed by atoms with Gasteiger partial charge in [0.25, 0.3) is 0 Å². The third kappa shape index (κ3) is 7.72. The summed E-state index contributed by atoms with van der Waals surface area (Å²) in [6.07, 6.45) is 1.09. The van der Waals surface area contributed by atoms with Crippen LogP contribution in [-0.4, -0.2) is 51.8 Å². The zero-order valence-electron chi connectivity index (χ0n) is 9.70. The first-order chi connectivity index (χ1) is 7.05. The molecule has 0 aliphatic heterocycles. The van der Waals surface area contributed by atoms with E-state index in [4.69, 9.17) is 5.73 Å². The number of rotatable bonds is 9. The maximum Gasteiger partial charge on any atom is 0.212 e. The Hall–Kier alpha value is -0.170. The molecule has 0 aliphatic carbocycles. The Labute approximate surface area is 93.1 Å². The van der Waals surface area contributed by atoms with Gasteiger partial charge in [-0.2, -0.15) is 0 Å². The van der Waals surface area contributed by atoms with E-state index in [9.17, 15) is 8.42 Å². The number of hydrogen-bond donors (Lipinski definition) is 2. The van der Waals surface area contributed by atoms with E-state index < -0.39 is 10.0 Å². The normalized spacial score (nSPS) is 12.3. The maximum atomic E-state index is 11.2. The topological polar surface area (TPSA) is 75.4 Å². The molecule has 0 fully saturated rings. The average molecular weight is 237 g/mol. The molecule has 3 N–H and O–H groups in total. The van der Waals surface area contributed by atoms with Gasteiger partial charge in [0.05, 0.1) is 5.75 Å². The molecule has 0 saturated carbocycles. The van der Waals surface area contributed by atoms with Crippen LogP contribution in [0.5, 0.6) is 0 Å². The molecule has 92 valence electrons. The molecular formula is C9H23N3O2S. The Balaban J connectivity index is 3.76. The van der Waals surface area contributed by atoms with Crippen LogP contribution in [0.15, 0.2) is 0 Å². The van der Waals surface area contributed by atoms with Gasteiger partial charge in [0.1, 0.15) is 0 Å². The number of hydrogen-bond acceptors (Lipinski definition) is 4. The quantitative estimate of drug-likeness (QED) is 0.572. The predicted molar refractivity (Wildman–Crippen MR) is 63.2 cm³/mol. The minimum atomic E-state index is -3.15. The van der Waals surface area contributed by atoms with Gasteiger partial charge in [0, 0.05) is 19.6 Å². The Morgan fingerprint density at radius 1 is 1.27 bits per heavy atom. The first kappa shape index (κ1) is 14.8. The van der Waals surface area contributed by atoms with Gasteiger partial charge in [-0.1, -0.05) is 13.8 Å². The minimum absolute atomic E-state index is 0.00685. The average Bonchev–Trinajstić information content (AvgIpc) is 2.16. The maximum absolute atomic E-state index is 11.2. The van der Waals surface area contributed by atoms with E-state index in [1.165, 1.54) is 0 Å². The molecule has 0 aromatic heterocycles. The summed E-state index contributed by atoms with van der Waals surface area (Å²) in [5, 5.41) is 0. The molecule has 0 saturated heterocycles. The number of sulfonamides is 1. The summed E-state index contributed by atoms with van der Waals surface area (Å²) in [6, 6.07) is 0. The Bertz CT molecular complexity index is 242. The van der Waals surface area contributed by atoms with Crippen molar-refractivity contribution in [1.82, 2.24) is 9.62 Å². The van der Waals surface area contributed by atoms with Crippen LogP contribution in [0.3, 0.4) is 0 Å². The van der Waals surface area contributed by atoms with E-state index in [1.807, 2.05) is 0 Å². The molecule has 0 amide bonds. The fourth-order valence-corrected chi connectivity index (χ4v) is 2.19. The first-order valence-corrected chi connectivity index (χ1v) is 7.10. The Kier molecular flexibility index (Phi) is 7.95. The third-order valence-electron chi connectivity index (χ3n) is 2.12. The second-order valence-electron chi connectivity index (χ2n) is 3.44. The lowest BCUT2D eigenvalue weighted by Crippen LogP contribution is -2.37. The molecule has 15 heavy (non-hydrogen) atoms. The Morgan fingerprint density at radius 3 is 2.40 bits per heavy atom. The van der Waals surface area contributed by atoms with Crippen LogP contribution in [-0.2, 0) is 10.0 Å². The first-order valence-electron chi connectivity index (χ1n) is 5.45. The summed E-state index contributed by atoms with van der Waals surface area (Å²) in [5.74, 6) is 0.00685. The molecule has 0 aromatic carbocycles. The lowest BCUT2D eigenvalue weighted by Gasteiger charge is -2.19. The molecule has 0 rings (SSSR count). The number of nitrogens with two attached hydrogens (primary N) is 1.